The summed E-state index contributed by atoms with van der Waals surface area (Å²) in [5.41, 5.74) is 0. The number of ether oxygens (including phenoxy) is 20. The number of aliphatic imine (C=N–C) groups is 1. The lowest BCUT2D eigenvalue weighted by atomic mass is 9.83. The molecule has 129 heavy (non-hydrogen) atoms. The number of carbonyl (C=O) groups is 4. The third-order valence-electron chi connectivity index (χ3n) is 24.7. The van der Waals surface area contributed by atoms with Gasteiger partial charge in [0.2, 0.25) is 29.7 Å². The largest absolute Gasteiger partial charge is 0.477 e. The first-order chi connectivity index (χ1) is 60.7. The van der Waals surface area contributed by atoms with E-state index in [1.54, 1.807) is 0 Å². The number of aliphatic carboxylic acids is 2. The van der Waals surface area contributed by atoms with Crippen LogP contribution in [0.15, 0.2) is 4.99 Å². The maximum atomic E-state index is 13.1. The van der Waals surface area contributed by atoms with Gasteiger partial charge in [0.25, 0.3) is 11.6 Å². The zero-order valence-electron chi connectivity index (χ0n) is 69.2. The highest BCUT2D eigenvalue weighted by atomic mass is 16.8. The Morgan fingerprint density at radius 1 is 0.388 bits per heavy atom. The number of aliphatic hydroxyl groups is 28. The van der Waals surface area contributed by atoms with E-state index in [4.69, 9.17) is 94.7 Å². The van der Waals surface area contributed by atoms with Crippen LogP contribution in [-0.2, 0) is 114 Å². The summed E-state index contributed by atoms with van der Waals surface area (Å²) in [7, 11) is 0. The number of nitrogens with one attached hydrogen (secondary N) is 2. The molecule has 0 spiro atoms. The van der Waals surface area contributed by atoms with Crippen LogP contribution in [0.25, 0.3) is 0 Å². The highest BCUT2D eigenvalue weighted by molar-refractivity contribution is 5.77. The molecule has 32 N–H and O–H groups in total. The molecule has 2 amide bonds. The summed E-state index contributed by atoms with van der Waals surface area (Å²) in [5.74, 6) is -21.3. The van der Waals surface area contributed by atoms with Gasteiger partial charge in [0, 0.05) is 45.4 Å². The Bertz CT molecular complexity index is 3690. The number of hydrogen-bond donors (Lipinski definition) is 32. The molecule has 11 aliphatic rings. The third kappa shape index (κ3) is 21.3. The van der Waals surface area contributed by atoms with E-state index in [0.29, 0.717) is 0 Å². The van der Waals surface area contributed by atoms with Gasteiger partial charge in [-0.05, 0) is 0 Å². The lowest BCUT2D eigenvalue weighted by Gasteiger charge is -2.51. The van der Waals surface area contributed by atoms with Gasteiger partial charge in [0.05, 0.1) is 78.3 Å². The SMILES string of the molecule is CC(=O)NC1C(OC2C(OCC3OC(OC4C(CO)OC5OC(C)=NC5C4O)C(O)C(OC4OC(CO)C(O)C(O)C4OC4OC(CO)C(OC5OC(COC6(C(=O)O)CC(O)C(C)[C@@](O)([C@H](O)CO)O6)C(O)C(O)C5O)C(O)C4NC(C)=O)C3O)OC(CO)C(O)C2O)OC(CO)C(OC2OC(COC3(C(=O)O)CC(O)C(C)[C@@](O)([C@H](O)CO)O3)C(O)C(O)C2O)C1O. The molecule has 0 radical (unpaired) electrons. The molecule has 57 heteroatoms. The Balaban J connectivity index is 0.844. The summed E-state index contributed by atoms with van der Waals surface area (Å²) in [6, 6.07) is -5.41. The van der Waals surface area contributed by atoms with Gasteiger partial charge in [0.15, 0.2) is 49.9 Å². The average molecular weight is 1890 g/mol. The van der Waals surface area contributed by atoms with Crippen molar-refractivity contribution < 1.29 is 267 Å². The third-order valence-corrected chi connectivity index (χ3v) is 24.7. The van der Waals surface area contributed by atoms with Crippen molar-refractivity contribution in [3.8, 4) is 0 Å². The van der Waals surface area contributed by atoms with Gasteiger partial charge < -0.3 is 259 Å². The van der Waals surface area contributed by atoms with Gasteiger partial charge >= 0.3 is 11.9 Å². The van der Waals surface area contributed by atoms with E-state index in [-0.39, 0.29) is 5.90 Å². The van der Waals surface area contributed by atoms with Crippen molar-refractivity contribution >= 4 is 29.7 Å². The van der Waals surface area contributed by atoms with E-state index in [1.165, 1.54) is 6.92 Å². The Morgan fingerprint density at radius 2 is 0.721 bits per heavy atom. The smallest absolute Gasteiger partial charge is 0.364 e. The number of carboxylic acid groups (broad SMARTS) is 2. The van der Waals surface area contributed by atoms with Crippen LogP contribution in [0, 0.1) is 11.8 Å². The minimum Gasteiger partial charge on any atom is -0.477 e. The molecule has 0 saturated carbocycles. The molecule has 0 aromatic carbocycles. The Hall–Kier alpha value is -4.53. The summed E-state index contributed by atoms with van der Waals surface area (Å²) in [4.78, 5) is 56.1. The number of hydrogen-bond acceptors (Lipinski definition) is 53. The van der Waals surface area contributed by atoms with Gasteiger partial charge in [-0.3, -0.25) is 9.59 Å². The molecule has 50 atom stereocenters. The summed E-state index contributed by atoms with van der Waals surface area (Å²) >= 11 is 0. The van der Waals surface area contributed by atoms with Crippen LogP contribution >= 0.6 is 0 Å². The maximum Gasteiger partial charge on any atom is 0.364 e. The summed E-state index contributed by atoms with van der Waals surface area (Å²) in [5, 5.41) is 339. The van der Waals surface area contributed by atoms with Crippen LogP contribution in [0.4, 0.5) is 0 Å². The van der Waals surface area contributed by atoms with Crippen molar-refractivity contribution in [2.45, 2.75) is 340 Å². The van der Waals surface area contributed by atoms with Gasteiger partial charge in [0.1, 0.15) is 207 Å². The topological polar surface area (TPSA) is 896 Å². The van der Waals surface area contributed by atoms with E-state index < -0.39 is 408 Å². The van der Waals surface area contributed by atoms with E-state index in [2.05, 4.69) is 15.6 Å². The number of carbonyl (C=O) groups excluding carboxylic acids is 2. The van der Waals surface area contributed by atoms with E-state index in [9.17, 15) is 172 Å². The number of carboxylic acids is 2. The molecule has 10 fully saturated rings. The monoisotopic (exact) mass is 1890 g/mol. The van der Waals surface area contributed by atoms with Crippen LogP contribution < -0.4 is 10.6 Å². The van der Waals surface area contributed by atoms with Crippen LogP contribution in [-0.4, -0.2) is 542 Å². The molecule has 0 bridgehead atoms. The highest BCUT2D eigenvalue weighted by Crippen LogP contribution is 2.46. The summed E-state index contributed by atoms with van der Waals surface area (Å²) < 4.78 is 117. The number of fused-ring (bicyclic) bond motifs is 1. The van der Waals surface area contributed by atoms with E-state index in [1.807, 2.05) is 0 Å². The Morgan fingerprint density at radius 3 is 1.11 bits per heavy atom. The predicted molar refractivity (Wildman–Crippen MR) is 394 cm³/mol. The summed E-state index contributed by atoms with van der Waals surface area (Å²) in [6.07, 6.45) is -90.6. The quantitative estimate of drug-likeness (QED) is 0.0284. The maximum absolute atomic E-state index is 13.1. The molecule has 0 aromatic rings. The minimum absolute atomic E-state index is 0.00684. The molecule has 11 heterocycles. The normalized spacial score (nSPS) is 49.7. The van der Waals surface area contributed by atoms with Crippen LogP contribution in [0.2, 0.25) is 0 Å². The van der Waals surface area contributed by atoms with Crippen molar-refractivity contribution in [3.05, 3.63) is 0 Å². The van der Waals surface area contributed by atoms with Crippen molar-refractivity contribution in [1.82, 2.24) is 10.6 Å². The Labute approximate surface area is 728 Å². The fraction of sp³-hybridized carbons (Fsp3) is 0.931. The van der Waals surface area contributed by atoms with Gasteiger partial charge in [-0.1, -0.05) is 13.8 Å². The molecule has 11 rings (SSSR count). The standard InChI is InChI=1S/C72H117N3O54/c1-18-23(85)6-69(67(104)105,128-71(18,108)33(87)13-81)111-16-31-40(91)46(97)50(101)62(120-31)122-53-28(11-79)117-60(35(43(53)94)73-20(3)83)126-57-48(99)38(89)25(8-76)114-65(57)110-15-30-42(93)56(52(103)64(119-30)124-55-27(10-78)116-59-37(45(55)96)75-22(5)113-59)125-66-58(49(100)39(90)26(9-77)115-66)127-61-36(74-21(4)84)44(95)54(29(12-80)118-61)123-63-51(102)47(98)41(92)32(121-63)17-112-70(68(106)107)7-24(86)19(2)72(109,129-70)34(88)14-82/h18-19,23-66,76-82,85-103,108-109H,6-17H2,1-5H3,(H,73,83)(H,74,84)(H,104,105)(H,106,107)/t18?,19?,23?,24?,25?,26?,27?,28?,29?,30?,31?,32?,33-,34-,35?,36?,37?,38?,39?,40?,41?,42?,43?,44?,45?,46?,47?,48?,49?,50?,51?,52?,53?,54?,55?,56?,57?,58?,59?,60?,61?,62?,63?,64?,65?,66?,69?,70?,71+,72+/m1/s1. The number of rotatable bonds is 34. The fourth-order valence-electron chi connectivity index (χ4n) is 17.0. The van der Waals surface area contributed by atoms with Gasteiger partial charge in [-0.15, -0.1) is 0 Å². The van der Waals surface area contributed by atoms with Crippen LogP contribution in [0.1, 0.15) is 47.5 Å². The minimum atomic E-state index is -3.12. The molecule has 0 aromatic heterocycles. The first kappa shape index (κ1) is 105. The fourth-order valence-corrected chi connectivity index (χ4v) is 17.0. The second-order valence-corrected chi connectivity index (χ2v) is 33.2. The van der Waals surface area contributed by atoms with Crippen LogP contribution in [0.3, 0.4) is 0 Å². The lowest BCUT2D eigenvalue weighted by Crippen LogP contribution is -2.70. The van der Waals surface area contributed by atoms with Crippen molar-refractivity contribution in [2.24, 2.45) is 16.8 Å². The molecule has 46 unspecified atom stereocenters. The highest BCUT2D eigenvalue weighted by Gasteiger charge is 2.66. The average Bonchev–Trinajstić information content (AvgIpc) is 0.997. The zero-order chi connectivity index (χ0) is 95.2. The van der Waals surface area contributed by atoms with Crippen molar-refractivity contribution in [1.29, 1.82) is 0 Å². The molecule has 0 aliphatic carbocycles. The first-order valence-corrected chi connectivity index (χ1v) is 41.0. The van der Waals surface area contributed by atoms with E-state index in [0.717, 1.165) is 27.7 Å². The lowest BCUT2D eigenvalue weighted by molar-refractivity contribution is -0.417. The number of amides is 2. The Kier molecular flexibility index (Phi) is 35.0. The second-order valence-electron chi connectivity index (χ2n) is 33.2. The molecule has 10 saturated heterocycles. The number of nitrogens with zero attached hydrogens (tertiary/aromatic N) is 1. The second kappa shape index (κ2) is 43.0. The van der Waals surface area contributed by atoms with Crippen molar-refractivity contribution in [3.63, 3.8) is 0 Å². The van der Waals surface area contributed by atoms with Crippen LogP contribution in [0.5, 0.6) is 0 Å². The zero-order valence-corrected chi connectivity index (χ0v) is 69.2. The first-order valence-electron chi connectivity index (χ1n) is 41.0. The molecule has 744 valence electrons. The summed E-state index contributed by atoms with van der Waals surface area (Å²) in [6.45, 7) is -6.42. The van der Waals surface area contributed by atoms with E-state index >= 15 is 0 Å². The molecular weight excluding hydrogens is 1770 g/mol. The molecular formula is C72H117N3O54. The van der Waals surface area contributed by atoms with Crippen molar-refractivity contribution in [2.75, 3.05) is 66.1 Å². The number of aliphatic hydroxyl groups excluding tert-OH is 26. The van der Waals surface area contributed by atoms with Gasteiger partial charge in [-0.2, -0.15) is 0 Å². The molecule has 11 aliphatic heterocycles. The predicted octanol–water partition coefficient (Wildman–Crippen LogP) is -20.2. The molecule has 57 nitrogen and oxygen atoms in total. The van der Waals surface area contributed by atoms with Gasteiger partial charge in [-0.25, -0.2) is 14.6 Å².